The number of nitrogens with two attached hydrogens (primary N) is 1. The van der Waals surface area contributed by atoms with Crippen molar-refractivity contribution in [3.05, 3.63) is 77.9 Å². The van der Waals surface area contributed by atoms with Gasteiger partial charge in [-0.05, 0) is 41.8 Å². The molecule has 0 fully saturated rings. The van der Waals surface area contributed by atoms with Gasteiger partial charge >= 0.3 is 0 Å². The minimum atomic E-state index is -0.416. The molecule has 0 atom stereocenters. The summed E-state index contributed by atoms with van der Waals surface area (Å²) in [5.74, 6) is -0.416. The molecule has 4 heteroatoms. The van der Waals surface area contributed by atoms with Crippen molar-refractivity contribution in [3.63, 3.8) is 0 Å². The number of hydrogen-bond donors (Lipinski definition) is 1. The molecule has 0 spiro atoms. The van der Waals surface area contributed by atoms with E-state index in [0.717, 1.165) is 27.2 Å². The highest BCUT2D eigenvalue weighted by atomic mass is 32.1. The van der Waals surface area contributed by atoms with Crippen LogP contribution in [0.3, 0.4) is 0 Å². The molecular weight excluding hydrogens is 328 g/mol. The van der Waals surface area contributed by atoms with Crippen LogP contribution in [-0.4, -0.2) is 10.9 Å². The second kappa shape index (κ2) is 6.15. The average molecular weight is 344 g/mol. The number of benzene rings is 3. The zero-order chi connectivity index (χ0) is 17.4. The monoisotopic (exact) mass is 344 g/mol. The van der Waals surface area contributed by atoms with Gasteiger partial charge in [-0.15, -0.1) is 11.3 Å². The molecule has 0 bridgehead atoms. The Morgan fingerprint density at radius 1 is 0.960 bits per heavy atom. The SMILES string of the molecule is Cc1ccc2nc(-c3ccc(-c4ccccc4C(N)=O)cc3)sc2c1. The van der Waals surface area contributed by atoms with E-state index in [-0.39, 0.29) is 0 Å². The molecule has 3 nitrogen and oxygen atoms in total. The van der Waals surface area contributed by atoms with Crippen LogP contribution in [-0.2, 0) is 0 Å². The van der Waals surface area contributed by atoms with E-state index in [1.54, 1.807) is 17.4 Å². The average Bonchev–Trinajstić information content (AvgIpc) is 3.05. The van der Waals surface area contributed by atoms with Crippen LogP contribution in [0.15, 0.2) is 66.7 Å². The predicted octanol–water partition coefficient (Wildman–Crippen LogP) is 5.04. The van der Waals surface area contributed by atoms with Gasteiger partial charge in [0.05, 0.1) is 10.2 Å². The summed E-state index contributed by atoms with van der Waals surface area (Å²) in [5, 5.41) is 0.996. The van der Waals surface area contributed by atoms with Gasteiger partial charge in [-0.3, -0.25) is 4.79 Å². The number of aromatic nitrogens is 1. The summed E-state index contributed by atoms with van der Waals surface area (Å²) in [4.78, 5) is 16.3. The zero-order valence-electron chi connectivity index (χ0n) is 13.7. The number of rotatable bonds is 3. The van der Waals surface area contributed by atoms with Crippen molar-refractivity contribution in [1.82, 2.24) is 4.98 Å². The normalized spacial score (nSPS) is 10.9. The lowest BCUT2D eigenvalue weighted by atomic mass is 9.98. The Balaban J connectivity index is 1.73. The number of carbonyl (C=O) groups is 1. The second-order valence-electron chi connectivity index (χ2n) is 5.98. The molecule has 2 N–H and O–H groups in total. The van der Waals surface area contributed by atoms with E-state index >= 15 is 0 Å². The number of carbonyl (C=O) groups excluding carboxylic acids is 1. The van der Waals surface area contributed by atoms with E-state index in [0.29, 0.717) is 5.56 Å². The van der Waals surface area contributed by atoms with Gasteiger partial charge in [-0.2, -0.15) is 0 Å². The summed E-state index contributed by atoms with van der Waals surface area (Å²) in [6.45, 7) is 2.09. The van der Waals surface area contributed by atoms with E-state index in [1.165, 1.54) is 10.3 Å². The summed E-state index contributed by atoms with van der Waals surface area (Å²) < 4.78 is 1.19. The number of fused-ring (bicyclic) bond motifs is 1. The van der Waals surface area contributed by atoms with E-state index in [1.807, 2.05) is 42.5 Å². The van der Waals surface area contributed by atoms with Crippen LogP contribution in [0.25, 0.3) is 31.9 Å². The summed E-state index contributed by atoms with van der Waals surface area (Å²) in [6.07, 6.45) is 0. The van der Waals surface area contributed by atoms with E-state index in [2.05, 4.69) is 25.1 Å². The number of aryl methyl sites for hydroxylation is 1. The number of nitrogens with zero attached hydrogens (tertiary/aromatic N) is 1. The van der Waals surface area contributed by atoms with Crippen molar-refractivity contribution in [2.75, 3.05) is 0 Å². The first kappa shape index (κ1) is 15.5. The van der Waals surface area contributed by atoms with Gasteiger partial charge in [-0.25, -0.2) is 4.98 Å². The second-order valence-corrected chi connectivity index (χ2v) is 7.01. The fourth-order valence-electron chi connectivity index (χ4n) is 2.90. The zero-order valence-corrected chi connectivity index (χ0v) is 14.5. The first-order valence-corrected chi connectivity index (χ1v) is 8.80. The van der Waals surface area contributed by atoms with Crippen LogP contribution in [0.1, 0.15) is 15.9 Å². The minimum absolute atomic E-state index is 0.416. The van der Waals surface area contributed by atoms with Crippen LogP contribution >= 0.6 is 11.3 Å². The molecule has 0 saturated carbocycles. The number of primary amides is 1. The summed E-state index contributed by atoms with van der Waals surface area (Å²) in [7, 11) is 0. The molecule has 3 aromatic carbocycles. The maximum Gasteiger partial charge on any atom is 0.249 e. The fourth-order valence-corrected chi connectivity index (χ4v) is 3.97. The minimum Gasteiger partial charge on any atom is -0.366 e. The Morgan fingerprint density at radius 3 is 2.44 bits per heavy atom. The Bertz CT molecular complexity index is 1080. The van der Waals surface area contributed by atoms with Gasteiger partial charge in [0.1, 0.15) is 5.01 Å². The first-order valence-electron chi connectivity index (χ1n) is 7.99. The smallest absolute Gasteiger partial charge is 0.249 e. The number of amides is 1. The Hall–Kier alpha value is -2.98. The van der Waals surface area contributed by atoms with Gasteiger partial charge in [0.15, 0.2) is 0 Å². The molecule has 1 amide bonds. The van der Waals surface area contributed by atoms with Crippen molar-refractivity contribution in [3.8, 4) is 21.7 Å². The van der Waals surface area contributed by atoms with Crippen LogP contribution in [0.5, 0.6) is 0 Å². The third-order valence-corrected chi connectivity index (χ3v) is 5.25. The maximum absolute atomic E-state index is 11.6. The van der Waals surface area contributed by atoms with Gasteiger partial charge in [0, 0.05) is 11.1 Å². The molecule has 0 aliphatic rings. The standard InChI is InChI=1S/C21H16N2OS/c1-13-6-11-18-19(12-13)25-21(23-18)15-9-7-14(8-10-15)16-4-2-3-5-17(16)20(22)24/h2-12H,1H3,(H2,22,24). The largest absolute Gasteiger partial charge is 0.366 e. The van der Waals surface area contributed by atoms with Crippen LogP contribution in [0.4, 0.5) is 0 Å². The Morgan fingerprint density at radius 2 is 1.68 bits per heavy atom. The lowest BCUT2D eigenvalue weighted by Gasteiger charge is -2.07. The Kier molecular flexibility index (Phi) is 3.82. The molecule has 0 unspecified atom stereocenters. The number of hydrogen-bond acceptors (Lipinski definition) is 3. The van der Waals surface area contributed by atoms with Gasteiger partial charge in [0.25, 0.3) is 0 Å². The van der Waals surface area contributed by atoms with Gasteiger partial charge in [-0.1, -0.05) is 48.5 Å². The Labute approximate surface area is 149 Å². The molecule has 4 aromatic rings. The molecule has 1 aromatic heterocycles. The molecule has 122 valence electrons. The summed E-state index contributed by atoms with van der Waals surface area (Å²) >= 11 is 1.69. The first-order chi connectivity index (χ1) is 12.1. The molecule has 0 saturated heterocycles. The lowest BCUT2D eigenvalue weighted by Crippen LogP contribution is -2.12. The van der Waals surface area contributed by atoms with E-state index in [9.17, 15) is 4.79 Å². The molecule has 0 aliphatic heterocycles. The van der Waals surface area contributed by atoms with Crippen LogP contribution in [0.2, 0.25) is 0 Å². The topological polar surface area (TPSA) is 56.0 Å². The van der Waals surface area contributed by atoms with Crippen molar-refractivity contribution in [2.45, 2.75) is 6.92 Å². The van der Waals surface area contributed by atoms with Crippen LogP contribution in [0, 0.1) is 6.92 Å². The summed E-state index contributed by atoms with van der Waals surface area (Å²) in [6, 6.07) is 21.8. The molecule has 25 heavy (non-hydrogen) atoms. The fraction of sp³-hybridized carbons (Fsp3) is 0.0476. The van der Waals surface area contributed by atoms with E-state index < -0.39 is 5.91 Å². The molecule has 1 heterocycles. The molecule has 0 aliphatic carbocycles. The highest BCUT2D eigenvalue weighted by Crippen LogP contribution is 2.32. The molecular formula is C21H16N2OS. The third kappa shape index (κ3) is 2.92. The van der Waals surface area contributed by atoms with Gasteiger partial charge < -0.3 is 5.73 Å². The van der Waals surface area contributed by atoms with Crippen LogP contribution < -0.4 is 5.73 Å². The van der Waals surface area contributed by atoms with Crippen molar-refractivity contribution in [2.24, 2.45) is 5.73 Å². The van der Waals surface area contributed by atoms with Crippen molar-refractivity contribution >= 4 is 27.5 Å². The third-order valence-electron chi connectivity index (χ3n) is 4.18. The highest BCUT2D eigenvalue weighted by molar-refractivity contribution is 7.21. The highest BCUT2D eigenvalue weighted by Gasteiger charge is 2.10. The molecule has 4 rings (SSSR count). The van der Waals surface area contributed by atoms with E-state index in [4.69, 9.17) is 10.7 Å². The predicted molar refractivity (Wildman–Crippen MR) is 104 cm³/mol. The van der Waals surface area contributed by atoms with Gasteiger partial charge in [0.2, 0.25) is 5.91 Å². The van der Waals surface area contributed by atoms with Crippen molar-refractivity contribution < 1.29 is 4.79 Å². The molecule has 0 radical (unpaired) electrons. The lowest BCUT2D eigenvalue weighted by molar-refractivity contribution is 0.100. The number of thiazole rings is 1. The quantitative estimate of drug-likeness (QED) is 0.566. The summed E-state index contributed by atoms with van der Waals surface area (Å²) in [5.41, 5.74) is 11.2. The van der Waals surface area contributed by atoms with Crippen molar-refractivity contribution in [1.29, 1.82) is 0 Å². The maximum atomic E-state index is 11.6.